The molecule has 0 spiro atoms. The Morgan fingerprint density at radius 3 is 2.93 bits per heavy atom. The summed E-state index contributed by atoms with van der Waals surface area (Å²) in [7, 11) is 1.44. The number of aliphatic hydroxyl groups excluding tert-OH is 2. The average molecular weight is 416 g/mol. The minimum atomic E-state index is -1.29. The predicted molar refractivity (Wildman–Crippen MR) is 105 cm³/mol. The van der Waals surface area contributed by atoms with Crippen LogP contribution in [0.4, 0.5) is 10.2 Å². The van der Waals surface area contributed by atoms with E-state index >= 15 is 0 Å². The highest BCUT2D eigenvalue weighted by molar-refractivity contribution is 8.04. The number of hydrogen-bond acceptors (Lipinski definition) is 8. The van der Waals surface area contributed by atoms with Crippen LogP contribution in [-0.4, -0.2) is 48.8 Å². The molecule has 0 bridgehead atoms. The van der Waals surface area contributed by atoms with Gasteiger partial charge in [-0.05, 0) is 17.7 Å². The number of hydrogen-bond donors (Lipinski definition) is 4. The highest BCUT2D eigenvalue weighted by atomic mass is 32.2. The number of aromatic nitrogens is 4. The van der Waals surface area contributed by atoms with E-state index in [0.29, 0.717) is 23.5 Å². The number of nitrogens with zero attached hydrogens (tertiary/aromatic N) is 4. The van der Waals surface area contributed by atoms with Crippen molar-refractivity contribution in [2.75, 3.05) is 12.4 Å². The molecule has 0 fully saturated rings. The Hall–Kier alpha value is -3.18. The zero-order chi connectivity index (χ0) is 20.5. The molecule has 0 aliphatic carbocycles. The molecule has 3 heterocycles. The van der Waals surface area contributed by atoms with Crippen molar-refractivity contribution < 1.29 is 19.4 Å². The summed E-state index contributed by atoms with van der Waals surface area (Å²) in [6, 6.07) is 6.20. The maximum atomic E-state index is 13.4. The Morgan fingerprint density at radius 2 is 2.17 bits per heavy atom. The lowest BCUT2D eigenvalue weighted by Crippen LogP contribution is -2.20. The van der Waals surface area contributed by atoms with Gasteiger partial charge in [-0.3, -0.25) is 9.36 Å². The van der Waals surface area contributed by atoms with E-state index in [1.807, 2.05) is 0 Å². The van der Waals surface area contributed by atoms with Crippen molar-refractivity contribution in [1.82, 2.24) is 24.8 Å². The fourth-order valence-corrected chi connectivity index (χ4v) is 4.23. The standard InChI is InChI=1S/C18H17FN6O3S/c1-20-17(28)14-12(26)13(27)18(29-14)25-8-24-11-15(22-7-23-16(11)25)21-6-9-3-2-4-10(19)5-9/h2-5,7-8,13,18,26-27H,6H2,1H3,(H,20,28)(H,21,22,23)/t13?,18-/m1/s1. The van der Waals surface area contributed by atoms with Crippen molar-refractivity contribution in [2.45, 2.75) is 18.0 Å². The quantitative estimate of drug-likeness (QED) is 0.495. The van der Waals surface area contributed by atoms with Crippen LogP contribution in [-0.2, 0) is 11.3 Å². The molecule has 0 saturated heterocycles. The Labute approximate surface area is 168 Å². The third-order valence-corrected chi connectivity index (χ3v) is 5.79. The van der Waals surface area contributed by atoms with Gasteiger partial charge < -0.3 is 20.8 Å². The molecule has 3 aromatic rings. The second-order valence-electron chi connectivity index (χ2n) is 6.28. The van der Waals surface area contributed by atoms with Crippen molar-refractivity contribution in [1.29, 1.82) is 0 Å². The largest absolute Gasteiger partial charge is 0.508 e. The van der Waals surface area contributed by atoms with Gasteiger partial charge in [-0.25, -0.2) is 19.3 Å². The average Bonchev–Trinajstić information content (AvgIpc) is 3.28. The van der Waals surface area contributed by atoms with Gasteiger partial charge in [-0.1, -0.05) is 23.9 Å². The van der Waals surface area contributed by atoms with E-state index in [9.17, 15) is 19.4 Å². The van der Waals surface area contributed by atoms with E-state index in [1.54, 1.807) is 16.7 Å². The number of thioether (sulfide) groups is 1. The molecule has 1 aliphatic heterocycles. The number of anilines is 1. The molecule has 1 amide bonds. The minimum Gasteiger partial charge on any atom is -0.508 e. The van der Waals surface area contributed by atoms with Crippen molar-refractivity contribution in [2.24, 2.45) is 0 Å². The molecular formula is C18H17FN6O3S. The molecule has 11 heteroatoms. The van der Waals surface area contributed by atoms with Gasteiger partial charge in [0.15, 0.2) is 11.5 Å². The van der Waals surface area contributed by atoms with Crippen molar-refractivity contribution in [3.05, 3.63) is 59.0 Å². The highest BCUT2D eigenvalue weighted by Gasteiger charge is 2.39. The number of halogens is 1. The zero-order valence-electron chi connectivity index (χ0n) is 15.2. The van der Waals surface area contributed by atoms with Crippen LogP contribution in [0.1, 0.15) is 10.9 Å². The second-order valence-corrected chi connectivity index (χ2v) is 7.40. The first-order valence-corrected chi connectivity index (χ1v) is 9.53. The lowest BCUT2D eigenvalue weighted by atomic mass is 10.2. The van der Waals surface area contributed by atoms with Gasteiger partial charge in [-0.2, -0.15) is 0 Å². The van der Waals surface area contributed by atoms with Crippen LogP contribution in [0, 0.1) is 5.82 Å². The molecule has 0 radical (unpaired) electrons. The molecule has 1 aromatic carbocycles. The summed E-state index contributed by atoms with van der Waals surface area (Å²) in [5, 5.41) is 25.3. The molecule has 2 atom stereocenters. The number of likely N-dealkylation sites (N-methyl/N-ethyl adjacent to an activating group) is 1. The van der Waals surface area contributed by atoms with Gasteiger partial charge in [0.25, 0.3) is 5.91 Å². The van der Waals surface area contributed by atoms with Crippen molar-refractivity contribution in [3.63, 3.8) is 0 Å². The van der Waals surface area contributed by atoms with Crippen LogP contribution < -0.4 is 10.6 Å². The topological polar surface area (TPSA) is 125 Å². The van der Waals surface area contributed by atoms with Gasteiger partial charge in [0.1, 0.15) is 39.8 Å². The molecule has 29 heavy (non-hydrogen) atoms. The Morgan fingerprint density at radius 1 is 1.34 bits per heavy atom. The summed E-state index contributed by atoms with van der Waals surface area (Å²) >= 11 is 1.02. The summed E-state index contributed by atoms with van der Waals surface area (Å²) in [5.74, 6) is -0.752. The summed E-state index contributed by atoms with van der Waals surface area (Å²) in [4.78, 5) is 24.7. The second kappa shape index (κ2) is 7.68. The summed E-state index contributed by atoms with van der Waals surface area (Å²) in [6.45, 7) is 0.334. The number of amides is 1. The molecule has 9 nitrogen and oxygen atoms in total. The van der Waals surface area contributed by atoms with Gasteiger partial charge in [-0.15, -0.1) is 0 Å². The third kappa shape index (κ3) is 3.49. The lowest BCUT2D eigenvalue weighted by molar-refractivity contribution is -0.116. The van der Waals surface area contributed by atoms with Crippen LogP contribution >= 0.6 is 11.8 Å². The first-order chi connectivity index (χ1) is 14.0. The maximum Gasteiger partial charge on any atom is 0.261 e. The van der Waals surface area contributed by atoms with E-state index in [-0.39, 0.29) is 16.5 Å². The Balaban J connectivity index is 1.60. The van der Waals surface area contributed by atoms with Crippen LogP contribution in [0.3, 0.4) is 0 Å². The van der Waals surface area contributed by atoms with Crippen LogP contribution in [0.2, 0.25) is 0 Å². The lowest BCUT2D eigenvalue weighted by Gasteiger charge is -2.16. The molecule has 2 aromatic heterocycles. The summed E-state index contributed by atoms with van der Waals surface area (Å²) in [6.07, 6.45) is 1.52. The zero-order valence-corrected chi connectivity index (χ0v) is 16.0. The van der Waals surface area contributed by atoms with E-state index < -0.39 is 17.4 Å². The highest BCUT2D eigenvalue weighted by Crippen LogP contribution is 2.45. The number of nitrogens with one attached hydrogen (secondary N) is 2. The molecule has 4 N–H and O–H groups in total. The van der Waals surface area contributed by atoms with Crippen molar-refractivity contribution >= 4 is 34.7 Å². The molecule has 1 aliphatic rings. The molecule has 1 unspecified atom stereocenters. The smallest absolute Gasteiger partial charge is 0.261 e. The predicted octanol–water partition coefficient (Wildman–Crippen LogP) is 1.70. The first kappa shape index (κ1) is 19.2. The van der Waals surface area contributed by atoms with Crippen LogP contribution in [0.25, 0.3) is 11.2 Å². The molecular weight excluding hydrogens is 399 g/mol. The van der Waals surface area contributed by atoms with Gasteiger partial charge in [0.05, 0.1) is 6.33 Å². The molecule has 4 rings (SSSR count). The van der Waals surface area contributed by atoms with Crippen LogP contribution in [0.15, 0.2) is 47.6 Å². The Bertz CT molecular complexity index is 1120. The van der Waals surface area contributed by atoms with Crippen molar-refractivity contribution in [3.8, 4) is 0 Å². The maximum absolute atomic E-state index is 13.4. The number of carbonyl (C=O) groups is 1. The van der Waals surface area contributed by atoms with E-state index in [2.05, 4.69) is 25.6 Å². The van der Waals surface area contributed by atoms with Gasteiger partial charge >= 0.3 is 0 Å². The fraction of sp³-hybridized carbons (Fsp3) is 0.222. The number of imidazole rings is 1. The van der Waals surface area contributed by atoms with Gasteiger partial charge in [0.2, 0.25) is 0 Å². The summed E-state index contributed by atoms with van der Waals surface area (Å²) in [5.41, 5.74) is 1.61. The monoisotopic (exact) mass is 416 g/mol. The van der Waals surface area contributed by atoms with E-state index in [1.165, 1.54) is 31.8 Å². The summed E-state index contributed by atoms with van der Waals surface area (Å²) < 4.78 is 14.9. The number of rotatable bonds is 5. The fourth-order valence-electron chi connectivity index (χ4n) is 3.01. The third-order valence-electron chi connectivity index (χ3n) is 4.44. The number of benzene rings is 1. The number of carbonyl (C=O) groups excluding carboxylic acids is 1. The van der Waals surface area contributed by atoms with E-state index in [0.717, 1.165) is 17.3 Å². The minimum absolute atomic E-state index is 0.0466. The number of aliphatic hydroxyl groups is 2. The van der Waals surface area contributed by atoms with Crippen LogP contribution in [0.5, 0.6) is 0 Å². The molecule has 0 saturated carbocycles. The number of fused-ring (bicyclic) bond motifs is 1. The van der Waals surface area contributed by atoms with Gasteiger partial charge in [0, 0.05) is 13.6 Å². The van der Waals surface area contributed by atoms with E-state index in [4.69, 9.17) is 0 Å². The first-order valence-electron chi connectivity index (χ1n) is 8.65. The normalized spacial score (nSPS) is 19.0. The Kier molecular flexibility index (Phi) is 5.07. The SMILES string of the molecule is CNC(=O)C1=C(O)C(O)[C@H](n2cnc3c(NCc4cccc(F)c4)ncnc32)S1. The molecule has 150 valence electrons.